The van der Waals surface area contributed by atoms with Crippen molar-refractivity contribution in [2.75, 3.05) is 0 Å². The van der Waals surface area contributed by atoms with Gasteiger partial charge in [0, 0.05) is 5.56 Å². The first kappa shape index (κ1) is 9.58. The predicted octanol–water partition coefficient (Wildman–Crippen LogP) is 1.48. The van der Waals surface area contributed by atoms with Gasteiger partial charge in [-0.15, -0.1) is 0 Å². The number of amidine groups is 2. The predicted molar refractivity (Wildman–Crippen MR) is 58.6 cm³/mol. The Morgan fingerprint density at radius 1 is 1.40 bits per heavy atom. The second kappa shape index (κ2) is 3.31. The topological polar surface area (TPSA) is 65.3 Å². The Morgan fingerprint density at radius 2 is 2.13 bits per heavy atom. The molecule has 0 aromatic heterocycles. The zero-order chi connectivity index (χ0) is 11.0. The van der Waals surface area contributed by atoms with Crippen molar-refractivity contribution in [3.8, 4) is 0 Å². The standard InChI is InChI=1S/C11H11N3O/c1-6-3-4-8-9(5-6)10(13-7(2)12)14-11(8)15/h3-5H,1-2H3,(H2,12,13,14,15). The Balaban J connectivity index is 2.58. The minimum atomic E-state index is -0.148. The van der Waals surface area contributed by atoms with Crippen LogP contribution in [0.5, 0.6) is 0 Å². The van der Waals surface area contributed by atoms with Crippen molar-refractivity contribution in [2.24, 2.45) is 4.99 Å². The monoisotopic (exact) mass is 201 g/mol. The van der Waals surface area contributed by atoms with Crippen molar-refractivity contribution in [3.05, 3.63) is 34.9 Å². The van der Waals surface area contributed by atoms with Crippen molar-refractivity contribution in [3.63, 3.8) is 0 Å². The van der Waals surface area contributed by atoms with E-state index in [1.54, 1.807) is 13.0 Å². The van der Waals surface area contributed by atoms with E-state index in [1.807, 2.05) is 19.1 Å². The number of fused-ring (bicyclic) bond motifs is 1. The Kier molecular flexibility index (Phi) is 2.11. The highest BCUT2D eigenvalue weighted by Crippen LogP contribution is 2.17. The number of rotatable bonds is 0. The molecule has 1 amide bonds. The number of carbonyl (C=O) groups is 1. The lowest BCUT2D eigenvalue weighted by atomic mass is 10.1. The maximum absolute atomic E-state index is 11.5. The average molecular weight is 201 g/mol. The number of benzene rings is 1. The smallest absolute Gasteiger partial charge is 0.257 e. The zero-order valence-electron chi connectivity index (χ0n) is 8.59. The van der Waals surface area contributed by atoms with Gasteiger partial charge in [0.15, 0.2) is 0 Å². The molecule has 4 nitrogen and oxygen atoms in total. The van der Waals surface area contributed by atoms with Gasteiger partial charge in [0.2, 0.25) is 0 Å². The first-order valence-corrected chi connectivity index (χ1v) is 4.64. The highest BCUT2D eigenvalue weighted by atomic mass is 16.2. The molecule has 0 unspecified atom stereocenters. The Labute approximate surface area is 87.5 Å². The van der Waals surface area contributed by atoms with Crippen molar-refractivity contribution in [1.82, 2.24) is 5.32 Å². The van der Waals surface area contributed by atoms with Crippen molar-refractivity contribution < 1.29 is 4.79 Å². The van der Waals surface area contributed by atoms with Crippen molar-refractivity contribution in [1.29, 1.82) is 5.41 Å². The molecule has 1 heterocycles. The van der Waals surface area contributed by atoms with E-state index in [0.717, 1.165) is 11.1 Å². The summed E-state index contributed by atoms with van der Waals surface area (Å²) in [6.45, 7) is 3.53. The van der Waals surface area contributed by atoms with E-state index >= 15 is 0 Å². The second-order valence-corrected chi connectivity index (χ2v) is 3.55. The van der Waals surface area contributed by atoms with Gasteiger partial charge in [-0.1, -0.05) is 11.6 Å². The number of hydrogen-bond acceptors (Lipinski definition) is 2. The largest absolute Gasteiger partial charge is 0.306 e. The first-order chi connectivity index (χ1) is 7.08. The summed E-state index contributed by atoms with van der Waals surface area (Å²) in [6, 6.07) is 5.56. The molecule has 0 fully saturated rings. The summed E-state index contributed by atoms with van der Waals surface area (Å²) in [5.74, 6) is 0.510. The van der Waals surface area contributed by atoms with Gasteiger partial charge >= 0.3 is 0 Å². The third-order valence-electron chi connectivity index (χ3n) is 2.19. The fraction of sp³-hybridized carbons (Fsp3) is 0.182. The van der Waals surface area contributed by atoms with Crippen molar-refractivity contribution >= 4 is 17.6 Å². The minimum absolute atomic E-state index is 0.148. The second-order valence-electron chi connectivity index (χ2n) is 3.55. The van der Waals surface area contributed by atoms with Crippen LogP contribution in [0.15, 0.2) is 23.2 Å². The molecule has 2 rings (SSSR count). The summed E-state index contributed by atoms with van der Waals surface area (Å²) in [6.07, 6.45) is 0. The van der Waals surface area contributed by atoms with Crippen LogP contribution < -0.4 is 5.32 Å². The highest BCUT2D eigenvalue weighted by molar-refractivity contribution is 6.25. The van der Waals surface area contributed by atoms with E-state index in [0.29, 0.717) is 11.4 Å². The highest BCUT2D eigenvalue weighted by Gasteiger charge is 2.24. The molecule has 2 N–H and O–H groups in total. The number of amides is 1. The van der Waals surface area contributed by atoms with E-state index in [9.17, 15) is 4.79 Å². The summed E-state index contributed by atoms with van der Waals surface area (Å²) in [4.78, 5) is 15.5. The lowest BCUT2D eigenvalue weighted by Crippen LogP contribution is -2.22. The molecule has 0 aliphatic carbocycles. The summed E-state index contributed by atoms with van der Waals surface area (Å²) in [5, 5.41) is 9.93. The van der Waals surface area contributed by atoms with Crippen LogP contribution in [0.25, 0.3) is 0 Å². The van der Waals surface area contributed by atoms with E-state index in [2.05, 4.69) is 10.3 Å². The Bertz CT molecular complexity index is 489. The third kappa shape index (κ3) is 1.66. The van der Waals surface area contributed by atoms with E-state index < -0.39 is 0 Å². The van der Waals surface area contributed by atoms with Crippen LogP contribution in [0, 0.1) is 12.3 Å². The molecular weight excluding hydrogens is 190 g/mol. The molecule has 1 aliphatic rings. The maximum Gasteiger partial charge on any atom is 0.257 e. The van der Waals surface area contributed by atoms with Gasteiger partial charge < -0.3 is 5.32 Å². The normalized spacial score (nSPS) is 16.4. The third-order valence-corrected chi connectivity index (χ3v) is 2.19. The lowest BCUT2D eigenvalue weighted by molar-refractivity contribution is 0.0983. The number of nitrogens with one attached hydrogen (secondary N) is 2. The quantitative estimate of drug-likeness (QED) is 0.484. The van der Waals surface area contributed by atoms with E-state index in [1.165, 1.54) is 0 Å². The van der Waals surface area contributed by atoms with Crippen LogP contribution in [0.3, 0.4) is 0 Å². The number of carbonyl (C=O) groups excluding carboxylic acids is 1. The van der Waals surface area contributed by atoms with Crippen LogP contribution in [-0.2, 0) is 0 Å². The molecule has 4 heteroatoms. The van der Waals surface area contributed by atoms with Crippen LogP contribution in [-0.4, -0.2) is 17.6 Å². The summed E-state index contributed by atoms with van der Waals surface area (Å²) in [7, 11) is 0. The summed E-state index contributed by atoms with van der Waals surface area (Å²) in [5.41, 5.74) is 2.48. The Hall–Kier alpha value is -1.97. The fourth-order valence-corrected chi connectivity index (χ4v) is 1.55. The molecule has 0 atom stereocenters. The lowest BCUT2D eigenvalue weighted by Gasteiger charge is -1.98. The molecule has 0 radical (unpaired) electrons. The first-order valence-electron chi connectivity index (χ1n) is 4.64. The van der Waals surface area contributed by atoms with Gasteiger partial charge in [0.1, 0.15) is 11.7 Å². The maximum atomic E-state index is 11.5. The van der Waals surface area contributed by atoms with Gasteiger partial charge in [-0.2, -0.15) is 0 Å². The molecular formula is C11H11N3O. The average Bonchev–Trinajstić information content (AvgIpc) is 2.42. The van der Waals surface area contributed by atoms with Crippen LogP contribution in [0.2, 0.25) is 0 Å². The molecule has 0 saturated heterocycles. The van der Waals surface area contributed by atoms with Gasteiger partial charge in [-0.3, -0.25) is 10.2 Å². The van der Waals surface area contributed by atoms with Gasteiger partial charge in [-0.25, -0.2) is 4.99 Å². The molecule has 15 heavy (non-hydrogen) atoms. The molecule has 0 spiro atoms. The number of nitrogens with zero attached hydrogens (tertiary/aromatic N) is 1. The van der Waals surface area contributed by atoms with Crippen LogP contribution in [0.1, 0.15) is 28.4 Å². The van der Waals surface area contributed by atoms with Gasteiger partial charge in [0.05, 0.1) is 5.56 Å². The zero-order valence-corrected chi connectivity index (χ0v) is 8.59. The van der Waals surface area contributed by atoms with Gasteiger partial charge in [0.25, 0.3) is 5.91 Å². The van der Waals surface area contributed by atoms with E-state index in [-0.39, 0.29) is 11.7 Å². The SMILES string of the molecule is CC(=N)N=C1NC(=O)c2ccc(C)cc21. The summed E-state index contributed by atoms with van der Waals surface area (Å²) >= 11 is 0. The molecule has 1 aromatic carbocycles. The van der Waals surface area contributed by atoms with Crippen LogP contribution >= 0.6 is 0 Å². The molecule has 1 aromatic rings. The van der Waals surface area contributed by atoms with Gasteiger partial charge in [-0.05, 0) is 26.0 Å². The van der Waals surface area contributed by atoms with Crippen molar-refractivity contribution in [2.45, 2.75) is 13.8 Å². The molecule has 0 bridgehead atoms. The number of aliphatic imine (C=N–C) groups is 1. The number of hydrogen-bond donors (Lipinski definition) is 2. The fourth-order valence-electron chi connectivity index (χ4n) is 1.55. The molecule has 0 saturated carbocycles. The van der Waals surface area contributed by atoms with Crippen LogP contribution in [0.4, 0.5) is 0 Å². The number of aryl methyl sites for hydroxylation is 1. The van der Waals surface area contributed by atoms with E-state index in [4.69, 9.17) is 5.41 Å². The summed E-state index contributed by atoms with van der Waals surface area (Å²) < 4.78 is 0. The minimum Gasteiger partial charge on any atom is -0.306 e. The molecule has 76 valence electrons. The molecule has 1 aliphatic heterocycles. The Morgan fingerprint density at radius 3 is 2.80 bits per heavy atom.